The van der Waals surface area contributed by atoms with Gasteiger partial charge in [0.05, 0.1) is 27.1 Å². The molecule has 26 heavy (non-hydrogen) atoms. The number of rotatable bonds is 5. The monoisotopic (exact) mass is 395 g/mol. The van der Waals surface area contributed by atoms with Gasteiger partial charge in [-0.25, -0.2) is 8.42 Å². The standard InChI is InChI=1S/C17H18ClN3O4S/c1-12-8-15(21(22)23)10-16(18)17(12)19-11-13-4-2-5-14(9-13)20-6-3-7-26(20,24)25/h2,4-5,8-10,19H,3,6-7,11H2,1H3. The zero-order valence-corrected chi connectivity index (χ0v) is 15.7. The molecular weight excluding hydrogens is 378 g/mol. The Labute approximate surface area is 156 Å². The van der Waals surface area contributed by atoms with E-state index >= 15 is 0 Å². The highest BCUT2D eigenvalue weighted by molar-refractivity contribution is 7.93. The van der Waals surface area contributed by atoms with E-state index in [1.807, 2.05) is 18.2 Å². The van der Waals surface area contributed by atoms with Crippen molar-refractivity contribution in [3.05, 3.63) is 62.7 Å². The highest BCUT2D eigenvalue weighted by Crippen LogP contribution is 2.31. The number of nitrogens with zero attached hydrogens (tertiary/aromatic N) is 2. The Bertz CT molecular complexity index is 939. The van der Waals surface area contributed by atoms with Crippen molar-refractivity contribution in [1.29, 1.82) is 0 Å². The summed E-state index contributed by atoms with van der Waals surface area (Å²) in [6.45, 7) is 2.65. The quantitative estimate of drug-likeness (QED) is 0.615. The smallest absolute Gasteiger partial charge is 0.271 e. The molecule has 2 aromatic rings. The number of benzene rings is 2. The Balaban J connectivity index is 1.79. The molecule has 2 aromatic carbocycles. The van der Waals surface area contributed by atoms with E-state index < -0.39 is 14.9 Å². The molecule has 1 saturated heterocycles. The van der Waals surface area contributed by atoms with Crippen molar-refractivity contribution in [2.75, 3.05) is 21.9 Å². The average molecular weight is 396 g/mol. The van der Waals surface area contributed by atoms with Gasteiger partial charge in [-0.15, -0.1) is 0 Å². The van der Waals surface area contributed by atoms with Crippen LogP contribution < -0.4 is 9.62 Å². The molecule has 0 bridgehead atoms. The maximum atomic E-state index is 12.1. The van der Waals surface area contributed by atoms with Gasteiger partial charge in [0.25, 0.3) is 5.69 Å². The van der Waals surface area contributed by atoms with Crippen LogP contribution in [-0.4, -0.2) is 25.6 Å². The number of nitrogens with one attached hydrogen (secondary N) is 1. The third-order valence-corrected chi connectivity index (χ3v) is 6.42. The Morgan fingerprint density at radius 2 is 2.08 bits per heavy atom. The lowest BCUT2D eigenvalue weighted by Gasteiger charge is -2.18. The minimum atomic E-state index is -3.22. The first-order valence-electron chi connectivity index (χ1n) is 8.06. The zero-order valence-electron chi connectivity index (χ0n) is 14.1. The largest absolute Gasteiger partial charge is 0.380 e. The number of non-ortho nitro benzene ring substituents is 1. The molecule has 0 amide bonds. The lowest BCUT2D eigenvalue weighted by atomic mass is 10.1. The summed E-state index contributed by atoms with van der Waals surface area (Å²) >= 11 is 6.16. The second-order valence-corrected chi connectivity index (χ2v) is 8.56. The van der Waals surface area contributed by atoms with Crippen molar-refractivity contribution in [2.24, 2.45) is 0 Å². The van der Waals surface area contributed by atoms with Crippen molar-refractivity contribution < 1.29 is 13.3 Å². The molecule has 1 heterocycles. The van der Waals surface area contributed by atoms with Crippen LogP contribution in [-0.2, 0) is 16.6 Å². The summed E-state index contributed by atoms with van der Waals surface area (Å²) in [7, 11) is -3.22. The summed E-state index contributed by atoms with van der Waals surface area (Å²) < 4.78 is 25.6. The number of aryl methyl sites for hydroxylation is 1. The third-order valence-electron chi connectivity index (χ3n) is 4.25. The lowest BCUT2D eigenvalue weighted by Crippen LogP contribution is -2.25. The molecule has 0 aromatic heterocycles. The topological polar surface area (TPSA) is 92.6 Å². The lowest BCUT2D eigenvalue weighted by molar-refractivity contribution is -0.384. The first-order valence-corrected chi connectivity index (χ1v) is 10.0. The maximum absolute atomic E-state index is 12.1. The molecule has 1 N–H and O–H groups in total. The fraction of sp³-hybridized carbons (Fsp3) is 0.294. The van der Waals surface area contributed by atoms with Gasteiger partial charge in [-0.1, -0.05) is 23.7 Å². The van der Waals surface area contributed by atoms with Crippen molar-refractivity contribution in [3.8, 4) is 0 Å². The molecule has 138 valence electrons. The fourth-order valence-electron chi connectivity index (χ4n) is 3.00. The van der Waals surface area contributed by atoms with Crippen LogP contribution in [0.25, 0.3) is 0 Å². The summed E-state index contributed by atoms with van der Waals surface area (Å²) in [6.07, 6.45) is 0.627. The predicted octanol–water partition coefficient (Wildman–Crippen LogP) is 3.71. The van der Waals surface area contributed by atoms with Crippen molar-refractivity contribution >= 4 is 38.7 Å². The molecule has 0 aliphatic carbocycles. The number of nitro groups is 1. The molecule has 0 spiro atoms. The Hall–Kier alpha value is -2.32. The maximum Gasteiger partial charge on any atom is 0.271 e. The van der Waals surface area contributed by atoms with E-state index in [9.17, 15) is 18.5 Å². The number of nitro benzene ring substituents is 1. The van der Waals surface area contributed by atoms with Crippen molar-refractivity contribution in [2.45, 2.75) is 19.9 Å². The number of hydrogen-bond donors (Lipinski definition) is 1. The average Bonchev–Trinajstić information content (AvgIpc) is 2.93. The molecule has 1 aliphatic heterocycles. The Kier molecular flexibility index (Phi) is 5.06. The van der Waals surface area contributed by atoms with Crippen LogP contribution in [0.3, 0.4) is 0 Å². The van der Waals surface area contributed by atoms with Gasteiger partial charge in [0.1, 0.15) is 0 Å². The SMILES string of the molecule is Cc1cc([N+](=O)[O-])cc(Cl)c1NCc1cccc(N2CCCS2(=O)=O)c1. The van der Waals surface area contributed by atoms with E-state index in [0.717, 1.165) is 5.56 Å². The summed E-state index contributed by atoms with van der Waals surface area (Å²) in [5, 5.41) is 14.3. The van der Waals surface area contributed by atoms with Gasteiger partial charge in [0.15, 0.2) is 0 Å². The number of anilines is 2. The molecule has 0 saturated carbocycles. The molecule has 0 radical (unpaired) electrons. The minimum absolute atomic E-state index is 0.0562. The van der Waals surface area contributed by atoms with Crippen LogP contribution in [0.4, 0.5) is 17.1 Å². The van der Waals surface area contributed by atoms with Gasteiger partial charge >= 0.3 is 0 Å². The van der Waals surface area contributed by atoms with Gasteiger partial charge < -0.3 is 5.32 Å². The molecule has 3 rings (SSSR count). The van der Waals surface area contributed by atoms with Crippen molar-refractivity contribution in [1.82, 2.24) is 0 Å². The van der Waals surface area contributed by atoms with Gasteiger partial charge in [-0.2, -0.15) is 0 Å². The normalized spacial score (nSPS) is 15.8. The Morgan fingerprint density at radius 1 is 1.31 bits per heavy atom. The van der Waals surface area contributed by atoms with Crippen LogP contribution in [0.2, 0.25) is 5.02 Å². The molecule has 7 nitrogen and oxygen atoms in total. The highest BCUT2D eigenvalue weighted by atomic mass is 35.5. The first kappa shape index (κ1) is 18.5. The van der Waals surface area contributed by atoms with E-state index in [1.165, 1.54) is 16.4 Å². The fourth-order valence-corrected chi connectivity index (χ4v) is 4.88. The van der Waals surface area contributed by atoms with Crippen LogP contribution in [0, 0.1) is 17.0 Å². The molecular formula is C17H18ClN3O4S. The summed E-state index contributed by atoms with van der Waals surface area (Å²) in [5.41, 5.74) is 2.77. The van der Waals surface area contributed by atoms with Crippen LogP contribution in [0.1, 0.15) is 17.5 Å². The van der Waals surface area contributed by atoms with Gasteiger partial charge in [-0.05, 0) is 36.6 Å². The Morgan fingerprint density at radius 3 is 2.69 bits per heavy atom. The zero-order chi connectivity index (χ0) is 18.9. The van der Waals surface area contributed by atoms with Crippen LogP contribution in [0.15, 0.2) is 36.4 Å². The molecule has 0 atom stereocenters. The number of halogens is 1. The van der Waals surface area contributed by atoms with E-state index in [1.54, 1.807) is 13.0 Å². The molecule has 9 heteroatoms. The summed E-state index contributed by atoms with van der Waals surface area (Å²) in [5.74, 6) is 0.174. The molecule has 0 unspecified atom stereocenters. The molecule has 1 aliphatic rings. The summed E-state index contributed by atoms with van der Waals surface area (Å²) in [6, 6.07) is 10.1. The van der Waals surface area contributed by atoms with Gasteiger partial charge in [0, 0.05) is 25.2 Å². The second kappa shape index (κ2) is 7.13. The van der Waals surface area contributed by atoms with E-state index in [0.29, 0.717) is 36.4 Å². The van der Waals surface area contributed by atoms with Crippen LogP contribution in [0.5, 0.6) is 0 Å². The van der Waals surface area contributed by atoms with E-state index in [4.69, 9.17) is 11.6 Å². The molecule has 1 fully saturated rings. The van der Waals surface area contributed by atoms with E-state index in [-0.39, 0.29) is 16.5 Å². The van der Waals surface area contributed by atoms with Crippen molar-refractivity contribution in [3.63, 3.8) is 0 Å². The van der Waals surface area contributed by atoms with E-state index in [2.05, 4.69) is 5.32 Å². The highest BCUT2D eigenvalue weighted by Gasteiger charge is 2.28. The summed E-state index contributed by atoms with van der Waals surface area (Å²) in [4.78, 5) is 10.4. The number of sulfonamides is 1. The van der Waals surface area contributed by atoms with Gasteiger partial charge in [-0.3, -0.25) is 14.4 Å². The number of hydrogen-bond acceptors (Lipinski definition) is 5. The van der Waals surface area contributed by atoms with Gasteiger partial charge in [0.2, 0.25) is 10.0 Å². The second-order valence-electron chi connectivity index (χ2n) is 6.14. The van der Waals surface area contributed by atoms with Crippen LogP contribution >= 0.6 is 11.6 Å². The minimum Gasteiger partial charge on any atom is -0.380 e. The third kappa shape index (κ3) is 3.76. The predicted molar refractivity (Wildman–Crippen MR) is 102 cm³/mol. The first-order chi connectivity index (χ1) is 12.3.